The van der Waals surface area contributed by atoms with Gasteiger partial charge in [-0.25, -0.2) is 4.58 Å². The molecular weight excluding hydrogens is 773 g/mol. The van der Waals surface area contributed by atoms with Crippen molar-refractivity contribution < 1.29 is 4.58 Å². The van der Waals surface area contributed by atoms with Gasteiger partial charge in [0.05, 0.1) is 0 Å². The summed E-state index contributed by atoms with van der Waals surface area (Å²) in [6, 6.07) is 80.4. The number of hydrogen-bond donors (Lipinski definition) is 0. The van der Waals surface area contributed by atoms with Crippen LogP contribution in [0.4, 0.5) is 0 Å². The van der Waals surface area contributed by atoms with Crippen molar-refractivity contribution in [2.24, 2.45) is 0 Å². The molecule has 9 aromatic rings. The molecule has 0 spiro atoms. The van der Waals surface area contributed by atoms with Crippen molar-refractivity contribution in [3.05, 3.63) is 230 Å². The molecule has 0 unspecified atom stereocenters. The normalized spacial score (nSPS) is 11.2. The van der Waals surface area contributed by atoms with E-state index in [-0.39, 0.29) is 0 Å². The van der Waals surface area contributed by atoms with Crippen LogP contribution in [0.2, 0.25) is 0 Å². The van der Waals surface area contributed by atoms with E-state index in [9.17, 15) is 0 Å². The quantitative estimate of drug-likeness (QED) is 0.0782. The molecule has 0 N–H and O–H groups in total. The lowest BCUT2D eigenvalue weighted by atomic mass is 9.81. The van der Waals surface area contributed by atoms with Gasteiger partial charge in [-0.05, 0) is 115 Å². The van der Waals surface area contributed by atoms with Crippen LogP contribution >= 0.6 is 0 Å². The van der Waals surface area contributed by atoms with Crippen LogP contribution in [0.1, 0.15) is 25.0 Å². The predicted octanol–water partition coefficient (Wildman–Crippen LogP) is 15.7. The molecule has 0 fully saturated rings. The predicted molar refractivity (Wildman–Crippen MR) is 274 cm³/mol. The topological polar surface area (TPSA) is 6.25 Å². The van der Waals surface area contributed by atoms with Crippen LogP contribution in [-0.2, 0) is 13.1 Å². The van der Waals surface area contributed by atoms with E-state index in [1.807, 2.05) is 0 Å². The summed E-state index contributed by atoms with van der Waals surface area (Å²) in [6.07, 6.45) is 0. The van der Waals surface area contributed by atoms with Crippen molar-refractivity contribution in [3.63, 3.8) is 0 Å². The van der Waals surface area contributed by atoms with Gasteiger partial charge in [0.2, 0.25) is 0 Å². The summed E-state index contributed by atoms with van der Waals surface area (Å²) in [5, 5.41) is 0. The first-order valence-electron chi connectivity index (χ1n) is 22.6. The fourth-order valence-electron chi connectivity index (χ4n) is 8.99. The van der Waals surface area contributed by atoms with Gasteiger partial charge in [-0.2, -0.15) is 0 Å². The third-order valence-corrected chi connectivity index (χ3v) is 12.5. The van der Waals surface area contributed by atoms with E-state index < -0.39 is 0 Å². The van der Waals surface area contributed by atoms with Crippen molar-refractivity contribution in [1.82, 2.24) is 4.90 Å². The summed E-state index contributed by atoms with van der Waals surface area (Å²) < 4.78 is 2.09. The second kappa shape index (κ2) is 19.3. The maximum Gasteiger partial charge on any atom is 0.167 e. The average molecular weight is 828 g/mol. The fourth-order valence-corrected chi connectivity index (χ4v) is 8.99. The molecule has 0 bridgehead atoms. The summed E-state index contributed by atoms with van der Waals surface area (Å²) in [4.78, 5) is 2.34. The molecule has 9 aromatic carbocycles. The van der Waals surface area contributed by atoms with Gasteiger partial charge in [0, 0.05) is 12.1 Å². The third kappa shape index (κ3) is 8.93. The second-order valence-electron chi connectivity index (χ2n) is 16.7. The highest BCUT2D eigenvalue weighted by atomic mass is 15.1. The molecule has 0 amide bonds. The molecular formula is C62H55N2+. The Morgan fingerprint density at radius 3 is 0.953 bits per heavy atom. The molecule has 2 heteroatoms. The molecule has 0 aliphatic rings. The maximum atomic E-state index is 4.20. The standard InChI is InChI=1S/C62H55N2/c1-5-63(3)43-45-27-31-49(32-28-45)57-41-40-56(48-21-13-8-14-22-48)61(60(57)52-25-17-10-18-26-52)53-35-37-54(38-36-53)62-58(50-33-29-46(30-34-50)44-64(4)6-2)42-39-55(47-19-11-7-12-20-47)59(62)51-23-15-9-16-24-51/h7-42H,3,5-6,43-44H2,1-2,4H3/q+1. The number of benzene rings is 9. The Kier molecular flexibility index (Phi) is 12.7. The molecule has 0 aromatic heterocycles. The lowest BCUT2D eigenvalue weighted by Gasteiger charge is -2.23. The number of rotatable bonds is 14. The first-order valence-corrected chi connectivity index (χ1v) is 22.6. The van der Waals surface area contributed by atoms with Crippen molar-refractivity contribution in [2.45, 2.75) is 26.9 Å². The van der Waals surface area contributed by atoms with E-state index in [0.717, 1.165) is 26.2 Å². The highest BCUT2D eigenvalue weighted by Crippen LogP contribution is 2.49. The van der Waals surface area contributed by atoms with E-state index >= 15 is 0 Å². The average Bonchev–Trinajstić information content (AvgIpc) is 3.37. The van der Waals surface area contributed by atoms with Crippen LogP contribution in [0.5, 0.6) is 0 Å². The summed E-state index contributed by atoms with van der Waals surface area (Å²) in [6.45, 7) is 12.2. The molecule has 0 heterocycles. The SMILES string of the molecule is C=[N+](CC)Cc1ccc(-c2ccc(-c3ccccc3)c(-c3ccc(-c4c(-c5ccc(CN(C)CC)cc5)ccc(-c5ccccc5)c4-c4ccccc4)cc3)c2-c2ccccc2)cc1. The summed E-state index contributed by atoms with van der Waals surface area (Å²) in [5.74, 6) is 0. The Morgan fingerprint density at radius 1 is 0.344 bits per heavy atom. The zero-order valence-electron chi connectivity index (χ0n) is 37.2. The third-order valence-electron chi connectivity index (χ3n) is 12.5. The van der Waals surface area contributed by atoms with Crippen LogP contribution in [0.15, 0.2) is 218 Å². The minimum absolute atomic E-state index is 0.816. The van der Waals surface area contributed by atoms with E-state index in [1.165, 1.54) is 100 Å². The summed E-state index contributed by atoms with van der Waals surface area (Å²) in [5.41, 5.74) is 21.8. The van der Waals surface area contributed by atoms with Crippen molar-refractivity contribution in [1.29, 1.82) is 0 Å². The monoisotopic (exact) mass is 827 g/mol. The zero-order valence-corrected chi connectivity index (χ0v) is 37.2. The molecule has 64 heavy (non-hydrogen) atoms. The molecule has 0 saturated carbocycles. The van der Waals surface area contributed by atoms with Gasteiger partial charge in [-0.15, -0.1) is 0 Å². The minimum Gasteiger partial charge on any atom is -0.302 e. The van der Waals surface area contributed by atoms with Gasteiger partial charge in [0.25, 0.3) is 0 Å². The Morgan fingerprint density at radius 2 is 0.625 bits per heavy atom. The Balaban J connectivity index is 1.27. The van der Waals surface area contributed by atoms with Crippen LogP contribution in [0.25, 0.3) is 89.0 Å². The molecule has 0 aliphatic heterocycles. The zero-order chi connectivity index (χ0) is 43.8. The van der Waals surface area contributed by atoms with Crippen LogP contribution in [-0.4, -0.2) is 36.3 Å². The van der Waals surface area contributed by atoms with Gasteiger partial charge in [-0.1, -0.05) is 225 Å². The van der Waals surface area contributed by atoms with Crippen molar-refractivity contribution >= 4 is 6.72 Å². The largest absolute Gasteiger partial charge is 0.302 e. The van der Waals surface area contributed by atoms with E-state index in [2.05, 4.69) is 255 Å². The van der Waals surface area contributed by atoms with Crippen molar-refractivity contribution in [3.8, 4) is 89.0 Å². The van der Waals surface area contributed by atoms with E-state index in [1.54, 1.807) is 0 Å². The Bertz CT molecular complexity index is 2970. The lowest BCUT2D eigenvalue weighted by Crippen LogP contribution is -2.16. The van der Waals surface area contributed by atoms with Gasteiger partial charge < -0.3 is 4.90 Å². The minimum atomic E-state index is 0.816. The molecule has 312 valence electrons. The Hall–Kier alpha value is -7.39. The van der Waals surface area contributed by atoms with Crippen LogP contribution < -0.4 is 0 Å². The molecule has 0 atom stereocenters. The number of nitrogens with zero attached hydrogens (tertiary/aromatic N) is 2. The van der Waals surface area contributed by atoms with E-state index in [0.29, 0.717) is 0 Å². The lowest BCUT2D eigenvalue weighted by molar-refractivity contribution is -0.532. The molecule has 0 aliphatic carbocycles. The van der Waals surface area contributed by atoms with Crippen LogP contribution in [0, 0.1) is 0 Å². The van der Waals surface area contributed by atoms with Gasteiger partial charge >= 0.3 is 0 Å². The highest BCUT2D eigenvalue weighted by molar-refractivity contribution is 6.04. The van der Waals surface area contributed by atoms with E-state index in [4.69, 9.17) is 0 Å². The second-order valence-corrected chi connectivity index (χ2v) is 16.7. The number of hydrogen-bond acceptors (Lipinski definition) is 1. The fraction of sp³-hybridized carbons (Fsp3) is 0.113. The van der Waals surface area contributed by atoms with Crippen molar-refractivity contribution in [2.75, 3.05) is 20.1 Å². The van der Waals surface area contributed by atoms with Gasteiger partial charge in [0.15, 0.2) is 6.54 Å². The summed E-state index contributed by atoms with van der Waals surface area (Å²) in [7, 11) is 2.18. The molecule has 0 radical (unpaired) electrons. The smallest absolute Gasteiger partial charge is 0.167 e. The summed E-state index contributed by atoms with van der Waals surface area (Å²) >= 11 is 0. The van der Waals surface area contributed by atoms with Crippen LogP contribution in [0.3, 0.4) is 0 Å². The molecule has 9 rings (SSSR count). The first kappa shape index (κ1) is 41.9. The molecule has 2 nitrogen and oxygen atoms in total. The maximum absolute atomic E-state index is 4.20. The highest BCUT2D eigenvalue weighted by Gasteiger charge is 2.22. The van der Waals surface area contributed by atoms with Gasteiger partial charge in [0.1, 0.15) is 13.3 Å². The first-order chi connectivity index (χ1) is 31.5. The Labute approximate surface area is 380 Å². The molecule has 0 saturated heterocycles. The van der Waals surface area contributed by atoms with Gasteiger partial charge in [-0.3, -0.25) is 0 Å².